The van der Waals surface area contributed by atoms with Crippen LogP contribution in [0.5, 0.6) is 0 Å². The molecular formula is C21H28ClIN6O. The van der Waals surface area contributed by atoms with E-state index in [-0.39, 0.29) is 35.4 Å². The Bertz CT molecular complexity index is 931. The van der Waals surface area contributed by atoms with Crippen LogP contribution >= 0.6 is 35.6 Å². The highest BCUT2D eigenvalue weighted by Crippen LogP contribution is 2.22. The number of hydrogen-bond acceptors (Lipinski definition) is 4. The second kappa shape index (κ2) is 10.8. The van der Waals surface area contributed by atoms with Crippen LogP contribution in [0.1, 0.15) is 44.0 Å². The molecule has 3 rings (SSSR count). The van der Waals surface area contributed by atoms with Crippen molar-refractivity contribution in [2.45, 2.75) is 38.8 Å². The summed E-state index contributed by atoms with van der Waals surface area (Å²) in [5.41, 5.74) is 1.03. The Balaban J connectivity index is 0.00000320. The van der Waals surface area contributed by atoms with Crippen molar-refractivity contribution in [2.24, 2.45) is 4.99 Å². The normalized spacial score (nSPS) is 12.9. The summed E-state index contributed by atoms with van der Waals surface area (Å²) >= 11 is 6.04. The van der Waals surface area contributed by atoms with Crippen molar-refractivity contribution in [1.82, 2.24) is 25.4 Å². The molecule has 0 amide bonds. The number of nitrogens with zero attached hydrogens (tertiary/aromatic N) is 4. The summed E-state index contributed by atoms with van der Waals surface area (Å²) in [5.74, 6) is 2.14. The molecule has 1 aromatic carbocycles. The minimum Gasteiger partial charge on any atom is -0.443 e. The summed E-state index contributed by atoms with van der Waals surface area (Å²) in [4.78, 5) is 8.64. The molecule has 0 fully saturated rings. The lowest BCUT2D eigenvalue weighted by Gasteiger charge is -2.20. The summed E-state index contributed by atoms with van der Waals surface area (Å²) in [7, 11) is 1.73. The second-order valence-electron chi connectivity index (χ2n) is 7.73. The SMILES string of the molecule is CN=C(NCc1ncc(C(C)(C)C)o1)NCC(c1ccc(Cl)cc1)n1cccn1.I. The lowest BCUT2D eigenvalue weighted by molar-refractivity contribution is 0.379. The molecule has 2 N–H and O–H groups in total. The highest BCUT2D eigenvalue weighted by atomic mass is 127. The Morgan fingerprint density at radius 3 is 2.53 bits per heavy atom. The van der Waals surface area contributed by atoms with Crippen LogP contribution < -0.4 is 10.6 Å². The first kappa shape index (κ1) is 24.2. The van der Waals surface area contributed by atoms with E-state index in [1.165, 1.54) is 0 Å². The molecule has 0 aliphatic rings. The average molecular weight is 543 g/mol. The van der Waals surface area contributed by atoms with Gasteiger partial charge in [-0.25, -0.2) is 4.98 Å². The van der Waals surface area contributed by atoms with Gasteiger partial charge in [0.25, 0.3) is 0 Å². The zero-order chi connectivity index (χ0) is 20.9. The van der Waals surface area contributed by atoms with Gasteiger partial charge in [0.05, 0.1) is 18.8 Å². The van der Waals surface area contributed by atoms with Gasteiger partial charge in [-0.3, -0.25) is 9.67 Å². The van der Waals surface area contributed by atoms with Crippen LogP contribution in [0.2, 0.25) is 5.02 Å². The predicted octanol–water partition coefficient (Wildman–Crippen LogP) is 4.39. The van der Waals surface area contributed by atoms with Crippen LogP contribution in [-0.4, -0.2) is 34.3 Å². The molecule has 1 atom stereocenters. The molecular weight excluding hydrogens is 515 g/mol. The van der Waals surface area contributed by atoms with Crippen molar-refractivity contribution in [1.29, 1.82) is 0 Å². The van der Waals surface area contributed by atoms with Crippen molar-refractivity contribution in [3.8, 4) is 0 Å². The molecule has 0 aliphatic carbocycles. The molecule has 0 aliphatic heterocycles. The number of benzene rings is 1. The van der Waals surface area contributed by atoms with Crippen molar-refractivity contribution >= 4 is 41.5 Å². The van der Waals surface area contributed by atoms with Gasteiger partial charge in [0.2, 0.25) is 5.89 Å². The summed E-state index contributed by atoms with van der Waals surface area (Å²) in [6.45, 7) is 7.33. The van der Waals surface area contributed by atoms with Crippen LogP contribution in [0.25, 0.3) is 0 Å². The maximum Gasteiger partial charge on any atom is 0.213 e. The number of halogens is 2. The van der Waals surface area contributed by atoms with E-state index < -0.39 is 0 Å². The quantitative estimate of drug-likeness (QED) is 0.274. The Hall–Kier alpha value is -2.07. The second-order valence-corrected chi connectivity index (χ2v) is 8.16. The first-order valence-corrected chi connectivity index (χ1v) is 9.89. The van der Waals surface area contributed by atoms with E-state index in [2.05, 4.69) is 46.5 Å². The van der Waals surface area contributed by atoms with Crippen LogP contribution in [0.15, 0.2) is 58.3 Å². The van der Waals surface area contributed by atoms with Crippen molar-refractivity contribution in [3.63, 3.8) is 0 Å². The van der Waals surface area contributed by atoms with E-state index in [1.807, 2.05) is 41.2 Å². The zero-order valence-corrected chi connectivity index (χ0v) is 20.7. The molecule has 2 aromatic heterocycles. The predicted molar refractivity (Wildman–Crippen MR) is 131 cm³/mol. The van der Waals surface area contributed by atoms with Crippen LogP contribution in [0.3, 0.4) is 0 Å². The molecule has 1 unspecified atom stereocenters. The van der Waals surface area contributed by atoms with Gasteiger partial charge in [0.1, 0.15) is 5.76 Å². The third-order valence-corrected chi connectivity index (χ3v) is 4.74. The Labute approximate surface area is 199 Å². The van der Waals surface area contributed by atoms with Crippen molar-refractivity contribution < 1.29 is 4.42 Å². The average Bonchev–Trinajstić information content (AvgIpc) is 3.37. The third-order valence-electron chi connectivity index (χ3n) is 4.49. The van der Waals surface area contributed by atoms with E-state index in [0.717, 1.165) is 11.3 Å². The van der Waals surface area contributed by atoms with Gasteiger partial charge in [-0.2, -0.15) is 5.10 Å². The molecule has 162 valence electrons. The maximum absolute atomic E-state index is 6.04. The smallest absolute Gasteiger partial charge is 0.213 e. The minimum atomic E-state index is -0.0687. The van der Waals surface area contributed by atoms with Gasteiger partial charge in [0, 0.05) is 36.4 Å². The largest absolute Gasteiger partial charge is 0.443 e. The van der Waals surface area contributed by atoms with E-state index >= 15 is 0 Å². The van der Waals surface area contributed by atoms with E-state index in [0.29, 0.717) is 30.0 Å². The summed E-state index contributed by atoms with van der Waals surface area (Å²) in [5, 5.41) is 11.7. The summed E-state index contributed by atoms with van der Waals surface area (Å²) < 4.78 is 7.73. The monoisotopic (exact) mass is 542 g/mol. The number of aliphatic imine (C=N–C) groups is 1. The lowest BCUT2D eigenvalue weighted by atomic mass is 9.94. The van der Waals surface area contributed by atoms with Gasteiger partial charge < -0.3 is 15.1 Å². The molecule has 0 saturated carbocycles. The lowest BCUT2D eigenvalue weighted by Crippen LogP contribution is -2.40. The first-order chi connectivity index (χ1) is 13.9. The van der Waals surface area contributed by atoms with E-state index in [9.17, 15) is 0 Å². The number of oxazole rings is 1. The molecule has 3 aromatic rings. The van der Waals surface area contributed by atoms with Crippen molar-refractivity contribution in [2.75, 3.05) is 13.6 Å². The fraction of sp³-hybridized carbons (Fsp3) is 0.381. The van der Waals surface area contributed by atoms with Crippen molar-refractivity contribution in [3.05, 3.63) is 71.2 Å². The van der Waals surface area contributed by atoms with Gasteiger partial charge in [-0.1, -0.05) is 44.5 Å². The zero-order valence-electron chi connectivity index (χ0n) is 17.6. The molecule has 0 bridgehead atoms. The molecule has 2 heterocycles. The minimum absolute atomic E-state index is 0. The van der Waals surface area contributed by atoms with Crippen LogP contribution in [-0.2, 0) is 12.0 Å². The standard InChI is InChI=1S/C21H27ClN6O.HI/c1-21(2,3)18-13-24-19(29-18)14-26-20(23-4)25-12-17(28-11-5-10-27-28)15-6-8-16(22)9-7-15;/h5-11,13,17H,12,14H2,1-4H3,(H2,23,25,26);1H. The van der Waals surface area contributed by atoms with E-state index in [4.69, 9.17) is 16.0 Å². The molecule has 0 saturated heterocycles. The van der Waals surface area contributed by atoms with Gasteiger partial charge in [-0.05, 0) is 23.8 Å². The first-order valence-electron chi connectivity index (χ1n) is 9.51. The topological polar surface area (TPSA) is 80.3 Å². The molecule has 7 nitrogen and oxygen atoms in total. The highest BCUT2D eigenvalue weighted by molar-refractivity contribution is 14.0. The Morgan fingerprint density at radius 2 is 1.97 bits per heavy atom. The number of aromatic nitrogens is 3. The fourth-order valence-corrected chi connectivity index (χ4v) is 2.95. The fourth-order valence-electron chi connectivity index (χ4n) is 2.83. The Kier molecular flexibility index (Phi) is 8.72. The molecule has 0 radical (unpaired) electrons. The number of guanidine groups is 1. The Morgan fingerprint density at radius 1 is 1.23 bits per heavy atom. The molecule has 9 heteroatoms. The van der Waals surface area contributed by atoms with Gasteiger partial charge in [-0.15, -0.1) is 24.0 Å². The third kappa shape index (κ3) is 6.46. The number of rotatable bonds is 6. The van der Waals surface area contributed by atoms with Crippen LogP contribution in [0, 0.1) is 0 Å². The van der Waals surface area contributed by atoms with E-state index in [1.54, 1.807) is 19.4 Å². The van der Waals surface area contributed by atoms with Gasteiger partial charge in [0.15, 0.2) is 5.96 Å². The maximum atomic E-state index is 6.04. The number of hydrogen-bond donors (Lipinski definition) is 2. The highest BCUT2D eigenvalue weighted by Gasteiger charge is 2.19. The van der Waals surface area contributed by atoms with Gasteiger partial charge >= 0.3 is 0 Å². The summed E-state index contributed by atoms with van der Waals surface area (Å²) in [6, 6.07) is 9.69. The molecule has 0 spiro atoms. The summed E-state index contributed by atoms with van der Waals surface area (Å²) in [6.07, 6.45) is 5.49. The molecule has 30 heavy (non-hydrogen) atoms. The number of nitrogens with one attached hydrogen (secondary N) is 2. The van der Waals surface area contributed by atoms with Crippen LogP contribution in [0.4, 0.5) is 0 Å².